The number of rotatable bonds is 5. The number of hydrogen-bond acceptors (Lipinski definition) is 3. The van der Waals surface area contributed by atoms with Gasteiger partial charge in [-0.3, -0.25) is 0 Å². The Morgan fingerprint density at radius 3 is 2.77 bits per heavy atom. The Balaban J connectivity index is 1.21. The Morgan fingerprint density at radius 1 is 1.17 bits per heavy atom. The highest BCUT2D eigenvalue weighted by atomic mass is 16.5. The molecule has 6 aliphatic rings. The monoisotopic (exact) mass is 478 g/mol. The summed E-state index contributed by atoms with van der Waals surface area (Å²) in [4.78, 5) is 4.89. The van der Waals surface area contributed by atoms with Crippen molar-refractivity contribution in [2.45, 2.75) is 95.8 Å². The van der Waals surface area contributed by atoms with Gasteiger partial charge in [-0.2, -0.15) is 0 Å². The Bertz CT molecular complexity index is 934. The largest absolute Gasteiger partial charge is 0.359 e. The van der Waals surface area contributed by atoms with Gasteiger partial charge in [-0.05, 0) is 125 Å². The van der Waals surface area contributed by atoms with Gasteiger partial charge in [0.05, 0.1) is 11.2 Å². The molecule has 35 heavy (non-hydrogen) atoms. The van der Waals surface area contributed by atoms with Crippen molar-refractivity contribution < 1.29 is 4.74 Å². The van der Waals surface area contributed by atoms with Crippen LogP contribution >= 0.6 is 0 Å². The van der Waals surface area contributed by atoms with Crippen molar-refractivity contribution in [1.82, 2.24) is 9.80 Å². The molecule has 3 nitrogen and oxygen atoms in total. The van der Waals surface area contributed by atoms with E-state index in [2.05, 4.69) is 76.0 Å². The summed E-state index contributed by atoms with van der Waals surface area (Å²) in [7, 11) is 6.72. The molecule has 0 aromatic rings. The van der Waals surface area contributed by atoms with Crippen LogP contribution in [0.1, 0.15) is 78.6 Å². The third-order valence-electron chi connectivity index (χ3n) is 12.0. The van der Waals surface area contributed by atoms with Gasteiger partial charge in [0, 0.05) is 12.6 Å². The van der Waals surface area contributed by atoms with E-state index in [1.807, 2.05) is 0 Å². The number of piperidine rings is 1. The quantitative estimate of drug-likeness (QED) is 0.450. The Hall–Kier alpha value is -0.900. The van der Waals surface area contributed by atoms with Crippen molar-refractivity contribution in [3.05, 3.63) is 35.5 Å². The number of fused-ring (bicyclic) bond motifs is 1. The van der Waals surface area contributed by atoms with E-state index in [-0.39, 0.29) is 11.2 Å². The van der Waals surface area contributed by atoms with E-state index in [4.69, 9.17) is 4.74 Å². The molecule has 0 unspecified atom stereocenters. The number of allylic oxidation sites excluding steroid dienone is 1. The predicted octanol–water partition coefficient (Wildman–Crippen LogP) is 6.47. The maximum absolute atomic E-state index is 7.43. The fraction of sp³-hybridized carbons (Fsp3) is 0.812. The zero-order valence-electron chi connectivity index (χ0n) is 23.4. The summed E-state index contributed by atoms with van der Waals surface area (Å²) in [5, 5.41) is 0. The van der Waals surface area contributed by atoms with E-state index in [9.17, 15) is 0 Å². The van der Waals surface area contributed by atoms with Crippen LogP contribution in [-0.2, 0) is 4.74 Å². The molecule has 0 aromatic carbocycles. The molecule has 1 saturated carbocycles. The van der Waals surface area contributed by atoms with Gasteiger partial charge >= 0.3 is 0 Å². The molecule has 3 aliphatic heterocycles. The summed E-state index contributed by atoms with van der Waals surface area (Å²) in [5.74, 6) is 4.13. The van der Waals surface area contributed by atoms with Gasteiger partial charge in [-0.1, -0.05) is 51.5 Å². The normalized spacial score (nSPS) is 47.7. The standard InChI is InChI=1S/C32H50N2O/c1-22(7-8-24-14-18-34(6)21-23(24)2)28-11-12-29-30(28,3)15-13-26-19-25-9-10-27(33(4)5)20-31(25)16-17-32(26,29)35-31/h9-10,13,19,22-24,27-29H,7-8,11-12,14-18,20-21H2,1-6H3/t22-,23-,24+,27+,28+,29+,30+,31+,32+/m0/s1. The van der Waals surface area contributed by atoms with Crippen LogP contribution in [0.25, 0.3) is 0 Å². The third-order valence-corrected chi connectivity index (χ3v) is 12.0. The van der Waals surface area contributed by atoms with Gasteiger partial charge in [-0.15, -0.1) is 0 Å². The Kier molecular flexibility index (Phi) is 5.98. The number of likely N-dealkylation sites (tertiary alicyclic amines) is 1. The van der Waals surface area contributed by atoms with Crippen molar-refractivity contribution in [2.75, 3.05) is 34.2 Å². The molecular formula is C32H50N2O. The van der Waals surface area contributed by atoms with E-state index in [1.54, 1.807) is 0 Å². The van der Waals surface area contributed by atoms with Crippen LogP contribution in [-0.4, -0.2) is 61.3 Å². The van der Waals surface area contributed by atoms with Crippen LogP contribution in [0.4, 0.5) is 0 Å². The summed E-state index contributed by atoms with van der Waals surface area (Å²) in [6, 6.07) is 0.487. The second kappa shape index (κ2) is 8.57. The van der Waals surface area contributed by atoms with Crippen molar-refractivity contribution in [3.63, 3.8) is 0 Å². The first kappa shape index (κ1) is 24.4. The van der Waals surface area contributed by atoms with Gasteiger partial charge in [0.1, 0.15) is 0 Å². The van der Waals surface area contributed by atoms with Crippen LogP contribution in [0.15, 0.2) is 35.5 Å². The predicted molar refractivity (Wildman–Crippen MR) is 145 cm³/mol. The Morgan fingerprint density at radius 2 is 2.00 bits per heavy atom. The molecule has 0 N–H and O–H groups in total. The molecule has 2 saturated heterocycles. The fourth-order valence-corrected chi connectivity index (χ4v) is 9.88. The topological polar surface area (TPSA) is 15.7 Å². The molecule has 3 heteroatoms. The molecule has 2 spiro atoms. The zero-order valence-corrected chi connectivity index (χ0v) is 23.4. The lowest BCUT2D eigenvalue weighted by Crippen LogP contribution is -2.54. The number of hydrogen-bond donors (Lipinski definition) is 0. The minimum atomic E-state index is -0.0484. The van der Waals surface area contributed by atoms with E-state index in [0.29, 0.717) is 17.4 Å². The summed E-state index contributed by atoms with van der Waals surface area (Å²) in [6.07, 6.45) is 21.8. The van der Waals surface area contributed by atoms with Gasteiger partial charge in [0.15, 0.2) is 0 Å². The van der Waals surface area contributed by atoms with Gasteiger partial charge in [0.2, 0.25) is 0 Å². The summed E-state index contributed by atoms with van der Waals surface area (Å²) in [6.45, 7) is 10.3. The summed E-state index contributed by atoms with van der Waals surface area (Å²) in [5.41, 5.74) is 3.31. The number of ether oxygens (including phenoxy) is 1. The molecule has 2 bridgehead atoms. The maximum Gasteiger partial charge on any atom is 0.0975 e. The smallest absolute Gasteiger partial charge is 0.0975 e. The minimum absolute atomic E-state index is 0.0184. The molecule has 9 atom stereocenters. The van der Waals surface area contributed by atoms with Crippen molar-refractivity contribution in [2.24, 2.45) is 35.0 Å². The van der Waals surface area contributed by atoms with Crippen LogP contribution in [0.2, 0.25) is 0 Å². The molecular weight excluding hydrogens is 428 g/mol. The highest BCUT2D eigenvalue weighted by molar-refractivity contribution is 5.51. The lowest BCUT2D eigenvalue weighted by molar-refractivity contribution is -0.136. The first-order valence-electron chi connectivity index (χ1n) is 14.8. The van der Waals surface area contributed by atoms with Crippen molar-refractivity contribution >= 4 is 0 Å². The molecule has 3 heterocycles. The second-order valence-electron chi connectivity index (χ2n) is 14.1. The zero-order chi connectivity index (χ0) is 24.6. The molecule has 0 aromatic heterocycles. The number of nitrogens with zero attached hydrogens (tertiary/aromatic N) is 2. The minimum Gasteiger partial charge on any atom is -0.359 e. The molecule has 3 aliphatic carbocycles. The first-order chi connectivity index (χ1) is 16.7. The molecule has 0 radical (unpaired) electrons. The molecule has 194 valence electrons. The average molecular weight is 479 g/mol. The number of likely N-dealkylation sites (N-methyl/N-ethyl adjacent to an activating group) is 1. The highest BCUT2D eigenvalue weighted by Crippen LogP contribution is 2.68. The van der Waals surface area contributed by atoms with Crippen LogP contribution < -0.4 is 0 Å². The van der Waals surface area contributed by atoms with E-state index in [1.165, 1.54) is 75.6 Å². The lowest BCUT2D eigenvalue weighted by Gasteiger charge is -2.54. The van der Waals surface area contributed by atoms with Crippen molar-refractivity contribution in [1.29, 1.82) is 0 Å². The average Bonchev–Trinajstić information content (AvgIpc) is 3.33. The van der Waals surface area contributed by atoms with Crippen LogP contribution in [0.5, 0.6) is 0 Å². The highest BCUT2D eigenvalue weighted by Gasteiger charge is 2.66. The van der Waals surface area contributed by atoms with E-state index in [0.717, 1.165) is 30.1 Å². The van der Waals surface area contributed by atoms with Gasteiger partial charge in [0.25, 0.3) is 0 Å². The second-order valence-corrected chi connectivity index (χ2v) is 14.1. The summed E-state index contributed by atoms with van der Waals surface area (Å²) >= 11 is 0. The summed E-state index contributed by atoms with van der Waals surface area (Å²) < 4.78 is 7.43. The molecule has 0 amide bonds. The lowest BCUT2D eigenvalue weighted by atomic mass is 9.57. The maximum atomic E-state index is 7.43. The fourth-order valence-electron chi connectivity index (χ4n) is 9.88. The first-order valence-corrected chi connectivity index (χ1v) is 14.8. The SMILES string of the molecule is C[C@H]1CN(C)CC[C@H]1CC[C@H](C)[C@H]1CC[C@@H]2[C@]1(C)CC=C1C=C3C=C[C@@H](N(C)C)C[C@]34CC[C@@]12O4. The molecule has 3 fully saturated rings. The van der Waals surface area contributed by atoms with Gasteiger partial charge < -0.3 is 14.5 Å². The van der Waals surface area contributed by atoms with Crippen LogP contribution in [0.3, 0.4) is 0 Å². The third kappa shape index (κ3) is 3.69. The van der Waals surface area contributed by atoms with Gasteiger partial charge in [-0.25, -0.2) is 0 Å². The van der Waals surface area contributed by atoms with Crippen LogP contribution in [0, 0.1) is 35.0 Å². The Labute approximate surface area is 215 Å². The van der Waals surface area contributed by atoms with Crippen molar-refractivity contribution in [3.8, 4) is 0 Å². The van der Waals surface area contributed by atoms with E-state index >= 15 is 0 Å². The molecule has 6 rings (SSSR count). The van der Waals surface area contributed by atoms with E-state index < -0.39 is 0 Å².